The summed E-state index contributed by atoms with van der Waals surface area (Å²) in [6.07, 6.45) is 3.06. The number of fused-ring (bicyclic) bond motifs is 1. The molecule has 11 N–H and O–H groups in total. The molecular formula is C28H44N8O5. The highest BCUT2D eigenvalue weighted by Crippen LogP contribution is 2.19. The second kappa shape index (κ2) is 15.6. The normalized spacial score (nSPS) is 14.9. The largest absolute Gasteiger partial charge is 0.480 e. The van der Waals surface area contributed by atoms with Crippen LogP contribution < -0.4 is 33.2 Å². The molecule has 5 unspecified atom stereocenters. The lowest BCUT2D eigenvalue weighted by Crippen LogP contribution is -2.59. The maximum absolute atomic E-state index is 13.4. The first-order valence-electron chi connectivity index (χ1n) is 13.9. The Morgan fingerprint density at radius 2 is 1.63 bits per heavy atom. The van der Waals surface area contributed by atoms with Gasteiger partial charge < -0.3 is 43.2 Å². The number of carbonyl (C=O) groups excluding carboxylic acids is 3. The van der Waals surface area contributed by atoms with Gasteiger partial charge in [-0.25, -0.2) is 4.79 Å². The first-order chi connectivity index (χ1) is 19.3. The Bertz CT molecular complexity index is 1220. The molecule has 41 heavy (non-hydrogen) atoms. The summed E-state index contributed by atoms with van der Waals surface area (Å²) in [5.41, 5.74) is 18.8. The summed E-state index contributed by atoms with van der Waals surface area (Å²) in [6.45, 7) is 7.26. The van der Waals surface area contributed by atoms with Gasteiger partial charge in [-0.05, 0) is 42.7 Å². The average Bonchev–Trinajstić information content (AvgIpc) is 3.33. The zero-order valence-electron chi connectivity index (χ0n) is 24.1. The number of nitrogens with one attached hydrogen (secondary N) is 4. The third kappa shape index (κ3) is 9.78. The highest BCUT2D eigenvalue weighted by molar-refractivity contribution is 5.94. The molecule has 1 aromatic carbocycles. The third-order valence-corrected chi connectivity index (χ3v) is 7.05. The number of amides is 3. The Morgan fingerprint density at radius 1 is 0.976 bits per heavy atom. The van der Waals surface area contributed by atoms with Crippen LogP contribution in [0.1, 0.15) is 52.5 Å². The Morgan fingerprint density at radius 3 is 2.24 bits per heavy atom. The van der Waals surface area contributed by atoms with Gasteiger partial charge in [0.25, 0.3) is 0 Å². The van der Waals surface area contributed by atoms with Crippen LogP contribution in [-0.4, -0.2) is 70.5 Å². The van der Waals surface area contributed by atoms with Crippen LogP contribution in [0.3, 0.4) is 0 Å². The van der Waals surface area contributed by atoms with E-state index >= 15 is 0 Å². The van der Waals surface area contributed by atoms with Gasteiger partial charge in [0.2, 0.25) is 17.7 Å². The molecule has 0 fully saturated rings. The van der Waals surface area contributed by atoms with E-state index in [1.165, 1.54) is 0 Å². The van der Waals surface area contributed by atoms with Gasteiger partial charge in [0.15, 0.2) is 5.96 Å². The summed E-state index contributed by atoms with van der Waals surface area (Å²) in [6, 6.07) is 3.54. The first kappa shape index (κ1) is 33.1. The number of rotatable bonds is 16. The number of para-hydroxylation sites is 1. The number of guanidine groups is 1. The predicted octanol–water partition coefficient (Wildman–Crippen LogP) is 0.332. The Labute approximate surface area is 240 Å². The van der Waals surface area contributed by atoms with Gasteiger partial charge in [-0.15, -0.1) is 0 Å². The molecule has 1 aromatic heterocycles. The summed E-state index contributed by atoms with van der Waals surface area (Å²) >= 11 is 0. The van der Waals surface area contributed by atoms with Crippen LogP contribution in [-0.2, 0) is 25.6 Å². The number of hydrogen-bond donors (Lipinski definition) is 8. The van der Waals surface area contributed by atoms with Gasteiger partial charge in [0.1, 0.15) is 18.1 Å². The highest BCUT2D eigenvalue weighted by atomic mass is 16.4. The fourth-order valence-corrected chi connectivity index (χ4v) is 4.40. The van der Waals surface area contributed by atoms with Crippen molar-refractivity contribution >= 4 is 40.6 Å². The molecule has 0 spiro atoms. The summed E-state index contributed by atoms with van der Waals surface area (Å²) in [4.78, 5) is 58.4. The summed E-state index contributed by atoms with van der Waals surface area (Å²) in [5.74, 6) is -3.71. The lowest BCUT2D eigenvalue weighted by molar-refractivity contribution is -0.144. The molecule has 0 aliphatic rings. The first-order valence-corrected chi connectivity index (χ1v) is 13.9. The van der Waals surface area contributed by atoms with Crippen LogP contribution in [0.5, 0.6) is 0 Å². The molecule has 0 aliphatic carbocycles. The van der Waals surface area contributed by atoms with Crippen LogP contribution in [0.2, 0.25) is 0 Å². The molecule has 0 radical (unpaired) electrons. The highest BCUT2D eigenvalue weighted by Gasteiger charge is 2.33. The number of carboxylic acid groups (broad SMARTS) is 1. The number of aliphatic imine (C=N–C) groups is 1. The maximum Gasteiger partial charge on any atom is 0.326 e. The van der Waals surface area contributed by atoms with Gasteiger partial charge in [0, 0.05) is 23.6 Å². The molecule has 0 bridgehead atoms. The summed E-state index contributed by atoms with van der Waals surface area (Å²) in [5, 5.41) is 18.5. The molecule has 2 rings (SSSR count). The van der Waals surface area contributed by atoms with E-state index < -0.39 is 47.9 Å². The van der Waals surface area contributed by atoms with Crippen LogP contribution in [0.4, 0.5) is 0 Å². The molecule has 13 heteroatoms. The lowest BCUT2D eigenvalue weighted by atomic mass is 9.98. The molecule has 5 atom stereocenters. The monoisotopic (exact) mass is 572 g/mol. The minimum absolute atomic E-state index is 0.107. The van der Waals surface area contributed by atoms with Crippen molar-refractivity contribution in [2.45, 2.75) is 77.5 Å². The number of aromatic nitrogens is 1. The van der Waals surface area contributed by atoms with Crippen LogP contribution in [0, 0.1) is 11.8 Å². The SMILES string of the molecule is CCC(C)C(NC(=O)C(CCCN=C(N)N)NC(=O)C(NC(=O)C(N)Cc1c[nH]c2ccccc12)C(C)C)C(=O)O. The number of carboxylic acids is 1. The van der Waals surface area contributed by atoms with Crippen molar-refractivity contribution < 1.29 is 24.3 Å². The summed E-state index contributed by atoms with van der Waals surface area (Å²) in [7, 11) is 0. The van der Waals surface area contributed by atoms with Gasteiger partial charge >= 0.3 is 5.97 Å². The van der Waals surface area contributed by atoms with Crippen molar-refractivity contribution in [3.63, 3.8) is 0 Å². The predicted molar refractivity (Wildman–Crippen MR) is 158 cm³/mol. The van der Waals surface area contributed by atoms with Crippen molar-refractivity contribution in [3.8, 4) is 0 Å². The molecule has 0 saturated carbocycles. The van der Waals surface area contributed by atoms with Crippen molar-refractivity contribution in [3.05, 3.63) is 36.0 Å². The second-order valence-corrected chi connectivity index (χ2v) is 10.6. The third-order valence-electron chi connectivity index (χ3n) is 7.05. The molecule has 0 aliphatic heterocycles. The number of carbonyl (C=O) groups is 4. The van der Waals surface area contributed by atoms with E-state index in [-0.39, 0.29) is 37.2 Å². The topological polar surface area (TPSA) is 231 Å². The minimum atomic E-state index is -1.17. The quantitative estimate of drug-likeness (QED) is 0.0791. The molecule has 226 valence electrons. The Kier molecular flexibility index (Phi) is 12.6. The number of hydrogen-bond acceptors (Lipinski definition) is 6. The van der Waals surface area contributed by atoms with E-state index in [9.17, 15) is 24.3 Å². The Hall–Kier alpha value is -4.13. The summed E-state index contributed by atoms with van der Waals surface area (Å²) < 4.78 is 0. The van der Waals surface area contributed by atoms with E-state index in [2.05, 4.69) is 25.9 Å². The van der Waals surface area contributed by atoms with Gasteiger partial charge in [0.05, 0.1) is 6.04 Å². The van der Waals surface area contributed by atoms with E-state index in [0.29, 0.717) is 12.8 Å². The zero-order valence-corrected chi connectivity index (χ0v) is 24.1. The molecule has 0 saturated heterocycles. The molecule has 3 amide bonds. The van der Waals surface area contributed by atoms with Gasteiger partial charge in [-0.2, -0.15) is 0 Å². The van der Waals surface area contributed by atoms with Crippen molar-refractivity contribution in [2.24, 2.45) is 34.0 Å². The standard InChI is InChI=1S/C28H44N8O5/c1-5-16(4)23(27(40)41)36-25(38)21(11-8-12-32-28(30)31)34-26(39)22(15(2)3)35-24(37)19(29)13-17-14-33-20-10-7-6-9-18(17)20/h6-7,9-10,14-16,19,21-23,33H,5,8,11-13,29H2,1-4H3,(H,34,39)(H,35,37)(H,36,38)(H,40,41)(H4,30,31,32). The molecule has 2 aromatic rings. The van der Waals surface area contributed by atoms with Crippen LogP contribution >= 0.6 is 0 Å². The molecular weight excluding hydrogens is 528 g/mol. The van der Waals surface area contributed by atoms with E-state index in [0.717, 1.165) is 16.5 Å². The van der Waals surface area contributed by atoms with E-state index in [4.69, 9.17) is 17.2 Å². The molecule has 1 heterocycles. The number of nitrogens with zero attached hydrogens (tertiary/aromatic N) is 1. The van der Waals surface area contributed by atoms with Crippen molar-refractivity contribution in [1.82, 2.24) is 20.9 Å². The average molecular weight is 573 g/mol. The number of aromatic amines is 1. The van der Waals surface area contributed by atoms with Gasteiger partial charge in [-0.1, -0.05) is 52.3 Å². The Balaban J connectivity index is 2.14. The minimum Gasteiger partial charge on any atom is -0.480 e. The van der Waals surface area contributed by atoms with Crippen molar-refractivity contribution in [1.29, 1.82) is 0 Å². The smallest absolute Gasteiger partial charge is 0.326 e. The zero-order chi connectivity index (χ0) is 30.7. The lowest BCUT2D eigenvalue weighted by Gasteiger charge is -2.28. The van der Waals surface area contributed by atoms with Gasteiger partial charge in [-0.3, -0.25) is 19.4 Å². The van der Waals surface area contributed by atoms with Crippen LogP contribution in [0.15, 0.2) is 35.5 Å². The number of aliphatic carboxylic acids is 1. The second-order valence-electron chi connectivity index (χ2n) is 10.6. The van der Waals surface area contributed by atoms with Crippen molar-refractivity contribution in [2.75, 3.05) is 6.54 Å². The number of nitrogens with two attached hydrogens (primary N) is 3. The maximum atomic E-state index is 13.4. The van der Waals surface area contributed by atoms with E-state index in [1.807, 2.05) is 31.2 Å². The molecule has 13 nitrogen and oxygen atoms in total. The number of benzene rings is 1. The van der Waals surface area contributed by atoms with E-state index in [1.54, 1.807) is 27.0 Å². The number of H-pyrrole nitrogens is 1. The van der Waals surface area contributed by atoms with Crippen LogP contribution in [0.25, 0.3) is 10.9 Å². The fraction of sp³-hybridized carbons (Fsp3) is 0.536. The fourth-order valence-electron chi connectivity index (χ4n) is 4.40.